The molecule has 0 aromatic heterocycles. The van der Waals surface area contributed by atoms with E-state index in [1.165, 1.54) is 77.0 Å². The highest BCUT2D eigenvalue weighted by molar-refractivity contribution is 5.71. The highest BCUT2D eigenvalue weighted by atomic mass is 16.6. The van der Waals surface area contributed by atoms with Crippen molar-refractivity contribution in [1.82, 2.24) is 0 Å². The summed E-state index contributed by atoms with van der Waals surface area (Å²) in [6.07, 6.45) is 74.8. The van der Waals surface area contributed by atoms with Gasteiger partial charge in [0.05, 0.1) is 0 Å². The first-order chi connectivity index (χ1) is 33.0. The Balaban J connectivity index is 4.57. The lowest BCUT2D eigenvalue weighted by atomic mass is 10.0. The van der Waals surface area contributed by atoms with Crippen LogP contribution in [0.3, 0.4) is 0 Å². The standard InChI is InChI=1S/C61H98O6/c1-4-7-10-13-16-19-22-25-28-30-33-35-38-41-44-47-50-53-59(62)65-56-58(67-61(64)55-52-49-46-43-40-37-32-27-24-21-18-15-12-9-6-3)57-66-60(63)54-51-48-45-42-39-36-34-31-29-26-23-20-17-14-11-8-5-2/h7-8,10-11,16-17,19-20,25-26,28-29,33-36,41-42,44-45,58H,4-6,9,12-15,18,21-24,27,30-32,37-40,43,46-57H2,1-3H3/b10-7-,11-8-,19-16-,20-17-,28-25-,29-26-,35-33-,36-34-,44-41-,45-42-. The maximum absolute atomic E-state index is 12.8. The molecule has 6 heteroatoms. The van der Waals surface area contributed by atoms with E-state index in [9.17, 15) is 14.4 Å². The second-order valence-corrected chi connectivity index (χ2v) is 17.4. The summed E-state index contributed by atoms with van der Waals surface area (Å²) in [5, 5.41) is 0. The van der Waals surface area contributed by atoms with E-state index >= 15 is 0 Å². The Bertz CT molecular complexity index is 1350. The molecule has 67 heavy (non-hydrogen) atoms. The zero-order valence-corrected chi connectivity index (χ0v) is 43.1. The fourth-order valence-electron chi connectivity index (χ4n) is 6.98. The van der Waals surface area contributed by atoms with Crippen LogP contribution in [0.5, 0.6) is 0 Å². The number of carbonyl (C=O) groups excluding carboxylic acids is 3. The Morgan fingerprint density at radius 3 is 0.896 bits per heavy atom. The Morgan fingerprint density at radius 2 is 0.582 bits per heavy atom. The average molecular weight is 927 g/mol. The van der Waals surface area contributed by atoms with Gasteiger partial charge >= 0.3 is 17.9 Å². The number of carbonyl (C=O) groups is 3. The minimum atomic E-state index is -0.825. The second-order valence-electron chi connectivity index (χ2n) is 17.4. The topological polar surface area (TPSA) is 78.9 Å². The van der Waals surface area contributed by atoms with Crippen LogP contribution in [0.25, 0.3) is 0 Å². The Labute approximate surface area is 412 Å². The van der Waals surface area contributed by atoms with E-state index in [4.69, 9.17) is 14.2 Å². The van der Waals surface area contributed by atoms with Gasteiger partial charge in [0.2, 0.25) is 0 Å². The van der Waals surface area contributed by atoms with Gasteiger partial charge in [-0.2, -0.15) is 0 Å². The highest BCUT2D eigenvalue weighted by Gasteiger charge is 2.19. The van der Waals surface area contributed by atoms with Crippen LogP contribution in [0, 0.1) is 0 Å². The van der Waals surface area contributed by atoms with Gasteiger partial charge in [-0.05, 0) is 96.3 Å². The molecule has 0 bridgehead atoms. The predicted octanol–water partition coefficient (Wildman–Crippen LogP) is 18.1. The van der Waals surface area contributed by atoms with Gasteiger partial charge in [-0.1, -0.05) is 232 Å². The summed E-state index contributed by atoms with van der Waals surface area (Å²) in [6.45, 7) is 6.31. The van der Waals surface area contributed by atoms with Gasteiger partial charge in [-0.15, -0.1) is 0 Å². The van der Waals surface area contributed by atoms with Crippen molar-refractivity contribution in [2.75, 3.05) is 13.2 Å². The molecule has 0 aliphatic heterocycles. The molecule has 0 unspecified atom stereocenters. The summed E-state index contributed by atoms with van der Waals surface area (Å²) in [4.78, 5) is 38.0. The molecule has 0 N–H and O–H groups in total. The maximum atomic E-state index is 12.8. The van der Waals surface area contributed by atoms with Gasteiger partial charge in [0.1, 0.15) is 13.2 Å². The molecular formula is C61H98O6. The van der Waals surface area contributed by atoms with Crippen molar-refractivity contribution in [3.63, 3.8) is 0 Å². The summed E-state index contributed by atoms with van der Waals surface area (Å²) in [7, 11) is 0. The zero-order chi connectivity index (χ0) is 48.6. The lowest BCUT2D eigenvalue weighted by Crippen LogP contribution is -2.30. The lowest BCUT2D eigenvalue weighted by molar-refractivity contribution is -0.167. The van der Waals surface area contributed by atoms with Crippen LogP contribution >= 0.6 is 0 Å². The third-order valence-electron chi connectivity index (χ3n) is 11.0. The first-order valence-corrected chi connectivity index (χ1v) is 27.0. The first-order valence-electron chi connectivity index (χ1n) is 27.0. The van der Waals surface area contributed by atoms with Crippen molar-refractivity contribution in [1.29, 1.82) is 0 Å². The molecule has 0 aromatic rings. The van der Waals surface area contributed by atoms with Crippen LogP contribution in [-0.2, 0) is 28.6 Å². The Morgan fingerprint density at radius 1 is 0.313 bits per heavy atom. The number of allylic oxidation sites excluding steroid dienone is 20. The smallest absolute Gasteiger partial charge is 0.306 e. The maximum Gasteiger partial charge on any atom is 0.306 e. The van der Waals surface area contributed by atoms with E-state index in [1.807, 2.05) is 0 Å². The molecule has 0 radical (unpaired) electrons. The summed E-state index contributed by atoms with van der Waals surface area (Å²) >= 11 is 0. The Kier molecular flexibility index (Phi) is 51.0. The van der Waals surface area contributed by atoms with E-state index in [1.54, 1.807) is 0 Å². The zero-order valence-electron chi connectivity index (χ0n) is 43.1. The van der Waals surface area contributed by atoms with Crippen LogP contribution in [0.15, 0.2) is 122 Å². The number of ether oxygens (including phenoxy) is 3. The molecule has 0 amide bonds. The quantitative estimate of drug-likeness (QED) is 0.0262. The van der Waals surface area contributed by atoms with E-state index in [0.717, 1.165) is 96.3 Å². The van der Waals surface area contributed by atoms with E-state index in [0.29, 0.717) is 19.3 Å². The number of hydrogen-bond donors (Lipinski definition) is 0. The molecular weight excluding hydrogens is 829 g/mol. The molecule has 0 saturated heterocycles. The van der Waals surface area contributed by atoms with Crippen molar-refractivity contribution in [2.45, 2.75) is 232 Å². The average Bonchev–Trinajstić information content (AvgIpc) is 3.33. The summed E-state index contributed by atoms with van der Waals surface area (Å²) in [6, 6.07) is 0. The minimum absolute atomic E-state index is 0.127. The fourth-order valence-corrected chi connectivity index (χ4v) is 6.98. The number of unbranched alkanes of at least 4 members (excludes halogenated alkanes) is 16. The molecule has 0 saturated carbocycles. The summed E-state index contributed by atoms with van der Waals surface area (Å²) in [5.41, 5.74) is 0. The molecule has 378 valence electrons. The predicted molar refractivity (Wildman–Crippen MR) is 288 cm³/mol. The van der Waals surface area contributed by atoms with Crippen LogP contribution in [0.1, 0.15) is 226 Å². The van der Waals surface area contributed by atoms with Gasteiger partial charge in [-0.3, -0.25) is 14.4 Å². The van der Waals surface area contributed by atoms with Gasteiger partial charge in [0, 0.05) is 19.3 Å². The molecule has 0 aliphatic carbocycles. The minimum Gasteiger partial charge on any atom is -0.462 e. The second kappa shape index (κ2) is 54.4. The highest BCUT2D eigenvalue weighted by Crippen LogP contribution is 2.15. The molecule has 6 nitrogen and oxygen atoms in total. The van der Waals surface area contributed by atoms with Crippen molar-refractivity contribution in [3.8, 4) is 0 Å². The lowest BCUT2D eigenvalue weighted by Gasteiger charge is -2.18. The molecule has 0 rings (SSSR count). The number of hydrogen-bond acceptors (Lipinski definition) is 6. The van der Waals surface area contributed by atoms with Gasteiger partial charge < -0.3 is 14.2 Å². The normalized spacial score (nSPS) is 12.7. The van der Waals surface area contributed by atoms with Crippen LogP contribution < -0.4 is 0 Å². The largest absolute Gasteiger partial charge is 0.462 e. The van der Waals surface area contributed by atoms with Crippen molar-refractivity contribution < 1.29 is 28.6 Å². The summed E-state index contributed by atoms with van der Waals surface area (Å²) < 4.78 is 16.7. The molecule has 0 heterocycles. The van der Waals surface area contributed by atoms with Crippen molar-refractivity contribution >= 4 is 17.9 Å². The number of rotatable bonds is 47. The summed E-state index contributed by atoms with van der Waals surface area (Å²) in [5.74, 6) is -1.04. The molecule has 0 aromatic carbocycles. The monoisotopic (exact) mass is 927 g/mol. The van der Waals surface area contributed by atoms with Crippen molar-refractivity contribution in [2.24, 2.45) is 0 Å². The Hall–Kier alpha value is -4.19. The molecule has 0 spiro atoms. The third kappa shape index (κ3) is 52.6. The van der Waals surface area contributed by atoms with E-state index < -0.39 is 6.10 Å². The van der Waals surface area contributed by atoms with E-state index in [-0.39, 0.29) is 44.0 Å². The number of esters is 3. The molecule has 0 aliphatic rings. The van der Waals surface area contributed by atoms with Crippen molar-refractivity contribution in [3.05, 3.63) is 122 Å². The fraction of sp³-hybridized carbons (Fsp3) is 0.623. The SMILES string of the molecule is CC/C=C\C/C=C\C/C=C\C/C=C\C/C=C\CCCC(=O)OCC(COC(=O)CCC/C=C\C/C=C\C/C=C\C/C=C\C/C=C\CC)OC(=O)CCCCCCCCCCCCCCCCC. The van der Waals surface area contributed by atoms with Crippen LogP contribution in [0.4, 0.5) is 0 Å². The van der Waals surface area contributed by atoms with Crippen LogP contribution in [0.2, 0.25) is 0 Å². The third-order valence-corrected chi connectivity index (χ3v) is 11.0. The van der Waals surface area contributed by atoms with Gasteiger partial charge in [-0.25, -0.2) is 0 Å². The molecule has 0 atom stereocenters. The van der Waals surface area contributed by atoms with E-state index in [2.05, 4.69) is 142 Å². The van der Waals surface area contributed by atoms with Gasteiger partial charge in [0.15, 0.2) is 6.10 Å². The first kappa shape index (κ1) is 62.8. The molecule has 0 fully saturated rings. The van der Waals surface area contributed by atoms with Crippen LogP contribution in [-0.4, -0.2) is 37.2 Å². The van der Waals surface area contributed by atoms with Gasteiger partial charge in [0.25, 0.3) is 0 Å².